The first-order valence-corrected chi connectivity index (χ1v) is 7.02. The molecule has 1 atom stereocenters. The second-order valence-electron chi connectivity index (χ2n) is 4.56. The number of alkyl halides is 3. The summed E-state index contributed by atoms with van der Waals surface area (Å²) in [6, 6.07) is 8.71. The zero-order chi connectivity index (χ0) is 17.2. The largest absolute Gasteiger partial charge is 0.573 e. The van der Waals surface area contributed by atoms with Crippen LogP contribution in [0.5, 0.6) is 5.75 Å². The van der Waals surface area contributed by atoms with Crippen LogP contribution in [-0.4, -0.2) is 11.3 Å². The average Bonchev–Trinajstić information content (AvgIpc) is 2.46. The van der Waals surface area contributed by atoms with Crippen molar-refractivity contribution in [2.75, 3.05) is 0 Å². The molecule has 0 radical (unpaired) electrons. The molecule has 23 heavy (non-hydrogen) atoms. The summed E-state index contributed by atoms with van der Waals surface area (Å²) in [5, 5.41) is 10.9. The van der Waals surface area contributed by atoms with Crippen LogP contribution >= 0.6 is 15.9 Å². The fourth-order valence-electron chi connectivity index (χ4n) is 1.93. The molecule has 0 heterocycles. The summed E-state index contributed by atoms with van der Waals surface area (Å²) in [4.78, 5) is 10.4. The smallest absolute Gasteiger partial charge is 0.406 e. The van der Waals surface area contributed by atoms with Crippen LogP contribution in [-0.2, 0) is 0 Å². The first-order valence-electron chi connectivity index (χ1n) is 6.22. The summed E-state index contributed by atoms with van der Waals surface area (Å²) in [5.41, 5.74) is 6.83. The molecule has 0 bridgehead atoms. The molecule has 2 aromatic carbocycles. The minimum atomic E-state index is -4.77. The Balaban J connectivity index is 2.25. The fourth-order valence-corrected chi connectivity index (χ4v) is 2.32. The Morgan fingerprint density at radius 2 is 1.70 bits per heavy atom. The maximum absolute atomic E-state index is 12.1. The summed E-state index contributed by atoms with van der Waals surface area (Å²) in [6.45, 7) is 0. The van der Waals surface area contributed by atoms with E-state index in [1.54, 1.807) is 6.07 Å². The summed E-state index contributed by atoms with van der Waals surface area (Å²) >= 11 is 3.07. The molecule has 0 aliphatic heterocycles. The predicted octanol–water partition coefficient (Wildman–Crippen LogP) is 4.30. The van der Waals surface area contributed by atoms with E-state index < -0.39 is 17.3 Å². The molecule has 0 spiro atoms. The van der Waals surface area contributed by atoms with Gasteiger partial charge in [0.15, 0.2) is 0 Å². The van der Waals surface area contributed by atoms with E-state index in [4.69, 9.17) is 5.73 Å². The Morgan fingerprint density at radius 3 is 2.22 bits per heavy atom. The highest BCUT2D eigenvalue weighted by Gasteiger charge is 2.31. The van der Waals surface area contributed by atoms with E-state index in [0.717, 1.165) is 12.1 Å². The zero-order valence-electron chi connectivity index (χ0n) is 11.4. The zero-order valence-corrected chi connectivity index (χ0v) is 13.0. The Labute approximate surface area is 137 Å². The van der Waals surface area contributed by atoms with Crippen molar-refractivity contribution in [3.05, 3.63) is 68.2 Å². The third-order valence-corrected chi connectivity index (χ3v) is 3.67. The number of hydrogen-bond acceptors (Lipinski definition) is 4. The topological polar surface area (TPSA) is 78.4 Å². The van der Waals surface area contributed by atoms with Gasteiger partial charge in [-0.1, -0.05) is 18.2 Å². The maximum Gasteiger partial charge on any atom is 0.573 e. The van der Waals surface area contributed by atoms with Crippen molar-refractivity contribution in [3.8, 4) is 5.75 Å². The van der Waals surface area contributed by atoms with Gasteiger partial charge in [0.05, 0.1) is 15.4 Å². The highest BCUT2D eigenvalue weighted by atomic mass is 79.9. The van der Waals surface area contributed by atoms with Crippen LogP contribution in [0.15, 0.2) is 46.9 Å². The van der Waals surface area contributed by atoms with E-state index in [0.29, 0.717) is 15.6 Å². The molecule has 0 saturated heterocycles. The van der Waals surface area contributed by atoms with Crippen molar-refractivity contribution in [3.63, 3.8) is 0 Å². The number of rotatable bonds is 4. The van der Waals surface area contributed by atoms with Crippen molar-refractivity contribution in [2.24, 2.45) is 5.73 Å². The fraction of sp³-hybridized carbons (Fsp3) is 0.143. The third-order valence-electron chi connectivity index (χ3n) is 3.00. The van der Waals surface area contributed by atoms with Gasteiger partial charge in [0.2, 0.25) is 0 Å². The highest BCUT2D eigenvalue weighted by Crippen LogP contribution is 2.30. The molecule has 2 N–H and O–H groups in total. The molecule has 5 nitrogen and oxygen atoms in total. The number of halogens is 4. The molecule has 0 aliphatic rings. The average molecular weight is 391 g/mol. The molecule has 0 unspecified atom stereocenters. The number of ether oxygens (including phenoxy) is 1. The van der Waals surface area contributed by atoms with Crippen molar-refractivity contribution in [1.29, 1.82) is 0 Å². The Bertz CT molecular complexity index is 720. The second kappa shape index (κ2) is 6.55. The first-order chi connectivity index (χ1) is 10.7. The molecule has 0 aromatic heterocycles. The van der Waals surface area contributed by atoms with Crippen LogP contribution in [0, 0.1) is 10.1 Å². The van der Waals surface area contributed by atoms with E-state index in [1.165, 1.54) is 24.3 Å². The monoisotopic (exact) mass is 390 g/mol. The maximum atomic E-state index is 12.1. The van der Waals surface area contributed by atoms with Crippen LogP contribution in [0.1, 0.15) is 17.2 Å². The van der Waals surface area contributed by atoms with Crippen LogP contribution in [0.4, 0.5) is 18.9 Å². The molecular weight excluding hydrogens is 381 g/mol. The molecular formula is C14H10BrF3N2O3. The molecule has 9 heteroatoms. The second-order valence-corrected chi connectivity index (χ2v) is 5.42. The van der Waals surface area contributed by atoms with E-state index in [1.807, 2.05) is 0 Å². The lowest BCUT2D eigenvalue weighted by Gasteiger charge is -2.14. The minimum Gasteiger partial charge on any atom is -0.406 e. The quantitative estimate of drug-likeness (QED) is 0.623. The SMILES string of the molecule is N[C@@H](c1ccc(OC(F)(F)F)cc1)c1ccc(Br)c([N+](=O)[O-])c1. The summed E-state index contributed by atoms with van der Waals surface area (Å²) < 4.78 is 40.4. The Hall–Kier alpha value is -2.13. The van der Waals surface area contributed by atoms with Crippen LogP contribution in [0.2, 0.25) is 0 Å². The Morgan fingerprint density at radius 1 is 1.13 bits per heavy atom. The van der Waals surface area contributed by atoms with Crippen molar-refractivity contribution in [1.82, 2.24) is 0 Å². The number of nitrogens with zero attached hydrogens (tertiary/aromatic N) is 1. The van der Waals surface area contributed by atoms with Gasteiger partial charge in [-0.2, -0.15) is 0 Å². The van der Waals surface area contributed by atoms with Crippen molar-refractivity contribution in [2.45, 2.75) is 12.4 Å². The van der Waals surface area contributed by atoms with Gasteiger partial charge in [0.1, 0.15) is 5.75 Å². The van der Waals surface area contributed by atoms with Crippen LogP contribution in [0.3, 0.4) is 0 Å². The van der Waals surface area contributed by atoms with E-state index >= 15 is 0 Å². The standard InChI is InChI=1S/C14H10BrF3N2O3/c15-11-6-3-9(7-12(11)20(21)22)13(19)8-1-4-10(5-2-8)23-14(16,17)18/h1-7,13H,19H2/t13-/m0/s1. The number of nitrogens with two attached hydrogens (primary N) is 1. The highest BCUT2D eigenvalue weighted by molar-refractivity contribution is 9.10. The number of nitro groups is 1. The summed E-state index contributed by atoms with van der Waals surface area (Å²) in [7, 11) is 0. The molecule has 0 amide bonds. The van der Waals surface area contributed by atoms with Gasteiger partial charge >= 0.3 is 6.36 Å². The summed E-state index contributed by atoms with van der Waals surface area (Å²) in [5.74, 6) is -0.366. The molecule has 0 aliphatic carbocycles. The normalized spacial score (nSPS) is 12.7. The van der Waals surface area contributed by atoms with Gasteiger partial charge in [-0.05, 0) is 45.3 Å². The molecule has 0 fully saturated rings. The summed E-state index contributed by atoms with van der Waals surface area (Å²) in [6.07, 6.45) is -4.77. The van der Waals surface area contributed by atoms with E-state index in [9.17, 15) is 23.3 Å². The van der Waals surface area contributed by atoms with Gasteiger partial charge in [0, 0.05) is 6.07 Å². The van der Waals surface area contributed by atoms with Crippen molar-refractivity contribution >= 4 is 21.6 Å². The lowest BCUT2D eigenvalue weighted by Crippen LogP contribution is -2.17. The molecule has 2 aromatic rings. The minimum absolute atomic E-state index is 0.144. The predicted molar refractivity (Wildman–Crippen MR) is 80.0 cm³/mol. The molecule has 122 valence electrons. The molecule has 0 saturated carbocycles. The van der Waals surface area contributed by atoms with Crippen molar-refractivity contribution < 1.29 is 22.8 Å². The van der Waals surface area contributed by atoms with Gasteiger partial charge < -0.3 is 10.5 Å². The van der Waals surface area contributed by atoms with E-state index in [2.05, 4.69) is 20.7 Å². The van der Waals surface area contributed by atoms with Crippen LogP contribution < -0.4 is 10.5 Å². The number of hydrogen-bond donors (Lipinski definition) is 1. The van der Waals surface area contributed by atoms with Gasteiger partial charge in [-0.3, -0.25) is 10.1 Å². The van der Waals surface area contributed by atoms with Gasteiger partial charge in [-0.25, -0.2) is 0 Å². The number of benzene rings is 2. The lowest BCUT2D eigenvalue weighted by atomic mass is 9.99. The van der Waals surface area contributed by atoms with E-state index in [-0.39, 0.29) is 11.4 Å². The van der Waals surface area contributed by atoms with Gasteiger partial charge in [0.25, 0.3) is 5.69 Å². The number of nitro benzene ring substituents is 1. The first kappa shape index (κ1) is 17.2. The Kier molecular flexibility index (Phi) is 4.90. The lowest BCUT2D eigenvalue weighted by molar-refractivity contribution is -0.385. The molecule has 2 rings (SSSR count). The third kappa shape index (κ3) is 4.42. The van der Waals surface area contributed by atoms with Gasteiger partial charge in [-0.15, -0.1) is 13.2 Å². The van der Waals surface area contributed by atoms with Crippen LogP contribution in [0.25, 0.3) is 0 Å².